The van der Waals surface area contributed by atoms with E-state index in [1.807, 2.05) is 13.0 Å². The minimum Gasteiger partial charge on any atom is -0.491 e. The summed E-state index contributed by atoms with van der Waals surface area (Å²) in [4.78, 5) is 0. The summed E-state index contributed by atoms with van der Waals surface area (Å²) in [6.45, 7) is 8.49. The predicted octanol–water partition coefficient (Wildman–Crippen LogP) is 3.36. The molecule has 0 spiro atoms. The summed E-state index contributed by atoms with van der Waals surface area (Å²) in [5.41, 5.74) is 0.951. The molecule has 1 N–H and O–H groups in total. The largest absolute Gasteiger partial charge is 0.491 e. The third-order valence-corrected chi connectivity index (χ3v) is 2.34. The normalized spacial score (nSPS) is 10.9. The molecule has 3 heteroatoms. The van der Waals surface area contributed by atoms with Gasteiger partial charge in [0, 0.05) is 6.54 Å². The second-order valence-corrected chi connectivity index (χ2v) is 4.64. The Balaban J connectivity index is 2.50. The standard InChI is InChI=1S/C14H22FNO/c1-4-7-17-14-6-5-12(8-13(14)15)10-16-9-11(2)3/h5-6,8,11,16H,4,7,9-10H2,1-3H3. The average Bonchev–Trinajstić information content (AvgIpc) is 2.27. The van der Waals surface area contributed by atoms with E-state index < -0.39 is 0 Å². The molecule has 0 bridgehead atoms. The van der Waals surface area contributed by atoms with Gasteiger partial charge in [-0.05, 0) is 36.6 Å². The van der Waals surface area contributed by atoms with Crippen molar-refractivity contribution in [2.24, 2.45) is 5.92 Å². The Morgan fingerprint density at radius 3 is 2.71 bits per heavy atom. The van der Waals surface area contributed by atoms with E-state index in [9.17, 15) is 4.39 Å². The Hall–Kier alpha value is -1.09. The maximum atomic E-state index is 13.6. The number of nitrogens with one attached hydrogen (secondary N) is 1. The van der Waals surface area contributed by atoms with E-state index in [4.69, 9.17) is 4.74 Å². The zero-order chi connectivity index (χ0) is 12.7. The minimum atomic E-state index is -0.276. The number of hydrogen-bond acceptors (Lipinski definition) is 2. The summed E-state index contributed by atoms with van der Waals surface area (Å²) < 4.78 is 18.9. The molecule has 0 amide bonds. The molecule has 17 heavy (non-hydrogen) atoms. The van der Waals surface area contributed by atoms with Gasteiger partial charge in [0.25, 0.3) is 0 Å². The number of rotatable bonds is 7. The molecule has 1 rings (SSSR count). The molecule has 0 aromatic heterocycles. The van der Waals surface area contributed by atoms with Gasteiger partial charge < -0.3 is 10.1 Å². The van der Waals surface area contributed by atoms with Gasteiger partial charge in [-0.25, -0.2) is 4.39 Å². The van der Waals surface area contributed by atoms with Crippen molar-refractivity contribution >= 4 is 0 Å². The highest BCUT2D eigenvalue weighted by atomic mass is 19.1. The number of halogens is 1. The Morgan fingerprint density at radius 1 is 1.35 bits per heavy atom. The molecule has 0 heterocycles. The Bertz CT molecular complexity index is 339. The van der Waals surface area contributed by atoms with Gasteiger partial charge in [0.05, 0.1) is 6.61 Å². The summed E-state index contributed by atoms with van der Waals surface area (Å²) in [6.07, 6.45) is 0.886. The molecule has 2 nitrogen and oxygen atoms in total. The molecule has 0 saturated carbocycles. The zero-order valence-electron chi connectivity index (χ0n) is 10.9. The maximum Gasteiger partial charge on any atom is 0.165 e. The van der Waals surface area contributed by atoms with E-state index >= 15 is 0 Å². The van der Waals surface area contributed by atoms with Crippen molar-refractivity contribution in [3.8, 4) is 5.75 Å². The molecule has 0 radical (unpaired) electrons. The van der Waals surface area contributed by atoms with Crippen LogP contribution in [0, 0.1) is 11.7 Å². The minimum absolute atomic E-state index is 0.276. The first-order chi connectivity index (χ1) is 8.13. The lowest BCUT2D eigenvalue weighted by Gasteiger charge is -2.09. The molecular weight excluding hydrogens is 217 g/mol. The van der Waals surface area contributed by atoms with Crippen LogP contribution in [0.1, 0.15) is 32.8 Å². The Morgan fingerprint density at radius 2 is 2.12 bits per heavy atom. The van der Waals surface area contributed by atoms with Crippen LogP contribution in [-0.2, 0) is 6.54 Å². The molecule has 0 aliphatic carbocycles. The van der Waals surface area contributed by atoms with Crippen LogP contribution in [0.25, 0.3) is 0 Å². The SMILES string of the molecule is CCCOc1ccc(CNCC(C)C)cc1F. The fraction of sp³-hybridized carbons (Fsp3) is 0.571. The third kappa shape index (κ3) is 5.18. The van der Waals surface area contributed by atoms with Gasteiger partial charge in [-0.1, -0.05) is 26.8 Å². The fourth-order valence-corrected chi connectivity index (χ4v) is 1.49. The van der Waals surface area contributed by atoms with Crippen LogP contribution in [-0.4, -0.2) is 13.2 Å². The molecule has 0 fully saturated rings. The van der Waals surface area contributed by atoms with Crippen molar-refractivity contribution in [2.75, 3.05) is 13.2 Å². The van der Waals surface area contributed by atoms with Gasteiger partial charge >= 0.3 is 0 Å². The van der Waals surface area contributed by atoms with Crippen molar-refractivity contribution in [1.29, 1.82) is 0 Å². The van der Waals surface area contributed by atoms with E-state index in [0.717, 1.165) is 18.5 Å². The molecular formula is C14H22FNO. The molecule has 1 aromatic rings. The highest BCUT2D eigenvalue weighted by molar-refractivity contribution is 5.29. The summed E-state index contributed by atoms with van der Waals surface area (Å²) in [6, 6.07) is 5.15. The van der Waals surface area contributed by atoms with Crippen LogP contribution in [0.3, 0.4) is 0 Å². The average molecular weight is 239 g/mol. The molecule has 0 unspecified atom stereocenters. The molecule has 96 valence electrons. The molecule has 0 aliphatic heterocycles. The monoisotopic (exact) mass is 239 g/mol. The lowest BCUT2D eigenvalue weighted by Crippen LogP contribution is -2.19. The first-order valence-corrected chi connectivity index (χ1v) is 6.25. The van der Waals surface area contributed by atoms with Gasteiger partial charge in [0.15, 0.2) is 11.6 Å². The number of ether oxygens (including phenoxy) is 1. The van der Waals surface area contributed by atoms with Crippen molar-refractivity contribution in [1.82, 2.24) is 5.32 Å². The highest BCUT2D eigenvalue weighted by Gasteiger charge is 2.04. The lowest BCUT2D eigenvalue weighted by molar-refractivity contribution is 0.301. The molecule has 0 aliphatic rings. The van der Waals surface area contributed by atoms with E-state index in [0.29, 0.717) is 24.8 Å². The number of hydrogen-bond donors (Lipinski definition) is 1. The summed E-state index contributed by atoms with van der Waals surface area (Å²) >= 11 is 0. The van der Waals surface area contributed by atoms with Gasteiger partial charge in [-0.3, -0.25) is 0 Å². The fourth-order valence-electron chi connectivity index (χ4n) is 1.49. The van der Waals surface area contributed by atoms with Crippen molar-refractivity contribution in [3.05, 3.63) is 29.6 Å². The van der Waals surface area contributed by atoms with Crippen LogP contribution in [0.5, 0.6) is 5.75 Å². The van der Waals surface area contributed by atoms with E-state index in [2.05, 4.69) is 19.2 Å². The molecule has 0 atom stereocenters. The quantitative estimate of drug-likeness (QED) is 0.787. The van der Waals surface area contributed by atoms with Crippen LogP contribution in [0.15, 0.2) is 18.2 Å². The van der Waals surface area contributed by atoms with Crippen LogP contribution < -0.4 is 10.1 Å². The highest BCUT2D eigenvalue weighted by Crippen LogP contribution is 2.18. The topological polar surface area (TPSA) is 21.3 Å². The first kappa shape index (κ1) is 14.0. The second kappa shape index (κ2) is 7.28. The van der Waals surface area contributed by atoms with Gasteiger partial charge in [-0.15, -0.1) is 0 Å². The summed E-state index contributed by atoms with van der Waals surface area (Å²) in [7, 11) is 0. The van der Waals surface area contributed by atoms with E-state index in [1.165, 1.54) is 0 Å². The van der Waals surface area contributed by atoms with E-state index in [-0.39, 0.29) is 5.82 Å². The zero-order valence-corrected chi connectivity index (χ0v) is 10.9. The van der Waals surface area contributed by atoms with Crippen molar-refractivity contribution in [2.45, 2.75) is 33.7 Å². The Labute approximate surface area is 103 Å². The summed E-state index contributed by atoms with van der Waals surface area (Å²) in [5.74, 6) is 0.675. The lowest BCUT2D eigenvalue weighted by atomic mass is 10.2. The smallest absolute Gasteiger partial charge is 0.165 e. The molecule has 0 saturated heterocycles. The van der Waals surface area contributed by atoms with Crippen molar-refractivity contribution < 1.29 is 9.13 Å². The Kier molecular flexibility index (Phi) is 5.98. The van der Waals surface area contributed by atoms with Gasteiger partial charge in [0.2, 0.25) is 0 Å². The predicted molar refractivity (Wildman–Crippen MR) is 68.7 cm³/mol. The van der Waals surface area contributed by atoms with Crippen LogP contribution in [0.4, 0.5) is 4.39 Å². The molecule has 1 aromatic carbocycles. The number of benzene rings is 1. The van der Waals surface area contributed by atoms with Crippen molar-refractivity contribution in [3.63, 3.8) is 0 Å². The first-order valence-electron chi connectivity index (χ1n) is 6.25. The van der Waals surface area contributed by atoms with E-state index in [1.54, 1.807) is 12.1 Å². The maximum absolute atomic E-state index is 13.6. The van der Waals surface area contributed by atoms with Gasteiger partial charge in [0.1, 0.15) is 0 Å². The van der Waals surface area contributed by atoms with Crippen LogP contribution in [0.2, 0.25) is 0 Å². The summed E-state index contributed by atoms with van der Waals surface area (Å²) in [5, 5.41) is 3.28. The van der Waals surface area contributed by atoms with Crippen LogP contribution >= 0.6 is 0 Å². The van der Waals surface area contributed by atoms with Gasteiger partial charge in [-0.2, -0.15) is 0 Å². The third-order valence-electron chi connectivity index (χ3n) is 2.34. The second-order valence-electron chi connectivity index (χ2n) is 4.64.